The van der Waals surface area contributed by atoms with Crippen molar-refractivity contribution in [1.82, 2.24) is 0 Å². The summed E-state index contributed by atoms with van der Waals surface area (Å²) in [4.78, 5) is 0. The Morgan fingerprint density at radius 3 is 1.17 bits per heavy atom. The van der Waals surface area contributed by atoms with Gasteiger partial charge in [0.05, 0.1) is 0 Å². The molecule has 6 heavy (non-hydrogen) atoms. The summed E-state index contributed by atoms with van der Waals surface area (Å²) in [6.45, 7) is 0. The predicted octanol–water partition coefficient (Wildman–Crippen LogP) is 1.31. The Morgan fingerprint density at radius 1 is 1.17 bits per heavy atom. The van der Waals surface area contributed by atoms with Crippen LogP contribution in [0.3, 0.4) is 0 Å². The maximum absolute atomic E-state index is 4.83. The van der Waals surface area contributed by atoms with E-state index in [0.29, 0.717) is 75.2 Å². The molecule has 0 aromatic heterocycles. The predicted molar refractivity (Wildman–Crippen MR) is 29.1 cm³/mol. The van der Waals surface area contributed by atoms with Gasteiger partial charge in [-0.2, -0.15) is 0 Å². The average molecular weight is 390 g/mol. The molecule has 0 aromatic carbocycles. The van der Waals surface area contributed by atoms with Crippen molar-refractivity contribution in [2.75, 3.05) is 0 Å². The number of rotatable bonds is 0. The Bertz CT molecular complexity index is 10.8. The Labute approximate surface area is 110 Å². The summed E-state index contributed by atoms with van der Waals surface area (Å²) >= 11 is 2.64. The van der Waals surface area contributed by atoms with E-state index >= 15 is 0 Å². The van der Waals surface area contributed by atoms with Crippen LogP contribution in [0.4, 0.5) is 0 Å². The first-order chi connectivity index (χ1) is 3.00. The van der Waals surface area contributed by atoms with Crippen molar-refractivity contribution in [2.24, 2.45) is 0 Å². The molecule has 0 aliphatic rings. The summed E-state index contributed by atoms with van der Waals surface area (Å²) in [6.07, 6.45) is 0. The minimum atomic E-state index is 0.535. The molecular formula is Cl3KLiU. The van der Waals surface area contributed by atoms with Gasteiger partial charge in [-0.15, -0.1) is 0 Å². The Morgan fingerprint density at radius 2 is 1.17 bits per heavy atom. The summed E-state index contributed by atoms with van der Waals surface area (Å²) in [5.74, 6) is 0. The van der Waals surface area contributed by atoms with Crippen LogP contribution < -0.4 is 0 Å². The first-order valence-corrected chi connectivity index (χ1v) is 11.1. The quantitative estimate of drug-likeness (QED) is 0.547. The third-order valence-electron chi connectivity index (χ3n) is 0. The Kier molecular flexibility index (Phi) is 97.7. The van der Waals surface area contributed by atoms with E-state index in [2.05, 4.69) is 9.80 Å². The van der Waals surface area contributed by atoms with E-state index in [-0.39, 0.29) is 0 Å². The normalized spacial score (nSPS) is 3.50. The van der Waals surface area contributed by atoms with Gasteiger partial charge in [0.15, 0.2) is 0 Å². The third-order valence-corrected chi connectivity index (χ3v) is 0. The fourth-order valence-corrected chi connectivity index (χ4v) is 0. The zero-order chi connectivity index (χ0) is 6.00. The molecule has 0 atom stereocenters. The van der Waals surface area contributed by atoms with Crippen LogP contribution >= 0.6 is 21.2 Å². The number of halogens is 3. The molecular weight excluding hydrogens is 390 g/mol. The number of hydrogen-bond donors (Lipinski definition) is 0. The van der Waals surface area contributed by atoms with Crippen molar-refractivity contribution in [3.05, 3.63) is 0 Å². The number of hydrogen-bond acceptors (Lipinski definition) is 0. The van der Waals surface area contributed by atoms with Crippen LogP contribution in [0, 0.1) is 28.1 Å². The van der Waals surface area contributed by atoms with Gasteiger partial charge in [0.2, 0.25) is 0 Å². The summed E-state index contributed by atoms with van der Waals surface area (Å²) in [6, 6.07) is 0. The second kappa shape index (κ2) is 35.3. The van der Waals surface area contributed by atoms with Gasteiger partial charge in [-0.1, -0.05) is 0 Å². The van der Waals surface area contributed by atoms with Crippen molar-refractivity contribution in [3.63, 3.8) is 0 Å². The van der Waals surface area contributed by atoms with Crippen LogP contribution in [0.15, 0.2) is 0 Å². The van der Waals surface area contributed by atoms with Crippen molar-refractivity contribution in [3.8, 4) is 0 Å². The van der Waals surface area contributed by atoms with Gasteiger partial charge < -0.3 is 0 Å². The molecule has 0 nitrogen and oxygen atoms in total. The topological polar surface area (TPSA) is 0 Å². The van der Waals surface area contributed by atoms with E-state index in [0.717, 1.165) is 0 Å². The van der Waals surface area contributed by atoms with Gasteiger partial charge >= 0.3 is 113 Å². The second-order valence-electron chi connectivity index (χ2n) is 0. The SMILES string of the molecule is [Cl][K].[Cl][U].[Li][Cl]. The maximum atomic E-state index is 4.83. The molecule has 0 aliphatic heterocycles. The zero-order valence-corrected chi connectivity index (χ0v) is 13.2. The molecule has 0 heterocycles. The van der Waals surface area contributed by atoms with Gasteiger partial charge in [-0.05, 0) is 0 Å². The molecule has 0 bridgehead atoms. The van der Waals surface area contributed by atoms with Crippen LogP contribution in [0.1, 0.15) is 0 Å². The molecule has 0 radical (unpaired) electrons. The van der Waals surface area contributed by atoms with E-state index in [4.69, 9.17) is 11.4 Å². The standard InChI is InChI=1S/3ClH.K.Li.U/h3*1H;;;/q;;;3*+1/p-3. The van der Waals surface area contributed by atoms with Crippen LogP contribution in [0.5, 0.6) is 0 Å². The molecule has 0 aromatic rings. The zero-order valence-electron chi connectivity index (χ0n) is 3.63. The van der Waals surface area contributed by atoms with E-state index in [1.165, 1.54) is 16.7 Å². The monoisotopic (exact) mass is 389 g/mol. The molecule has 27 valence electrons. The van der Waals surface area contributed by atoms with Crippen molar-refractivity contribution >= 4 is 85.1 Å². The Hall–Kier alpha value is 4.16. The first-order valence-electron chi connectivity index (χ1n) is 0.945. The van der Waals surface area contributed by atoms with Gasteiger partial charge in [-0.3, -0.25) is 0 Å². The van der Waals surface area contributed by atoms with Crippen molar-refractivity contribution < 1.29 is 28.1 Å². The average Bonchev–Trinajstić information content (AvgIpc) is 1.81. The van der Waals surface area contributed by atoms with E-state index in [1.54, 1.807) is 0 Å². The molecule has 0 spiro atoms. The Balaban J connectivity index is -0.0000000225. The summed E-state index contributed by atoms with van der Waals surface area (Å²) in [5.41, 5.74) is 0. The second-order valence-corrected chi connectivity index (χ2v) is 0. The van der Waals surface area contributed by atoms with Gasteiger partial charge in [0, 0.05) is 0 Å². The van der Waals surface area contributed by atoms with Crippen LogP contribution in [-0.4, -0.2) is 63.9 Å². The van der Waals surface area contributed by atoms with Gasteiger partial charge in [0.25, 0.3) is 0 Å². The molecule has 0 fully saturated rings. The fourth-order valence-electron chi connectivity index (χ4n) is 0. The van der Waals surface area contributed by atoms with Crippen molar-refractivity contribution in [2.45, 2.75) is 0 Å². The molecule has 0 rings (SSSR count). The summed E-state index contributed by atoms with van der Waals surface area (Å²) < 4.78 is 4.83. The molecule has 0 amide bonds. The molecule has 0 saturated carbocycles. The molecule has 0 aliphatic carbocycles. The molecule has 6 heteroatoms. The third kappa shape index (κ3) is 24.2. The molecule has 0 unspecified atom stereocenters. The summed E-state index contributed by atoms with van der Waals surface area (Å²) in [7, 11) is 9.45. The summed E-state index contributed by atoms with van der Waals surface area (Å²) in [5, 5.41) is 0. The van der Waals surface area contributed by atoms with Gasteiger partial charge in [0.1, 0.15) is 0 Å². The van der Waals surface area contributed by atoms with E-state index in [9.17, 15) is 0 Å². The first kappa shape index (κ1) is 16.6. The fraction of sp³-hybridized carbons (Fsp3) is 0. The van der Waals surface area contributed by atoms with E-state index < -0.39 is 0 Å². The van der Waals surface area contributed by atoms with Crippen LogP contribution in [0.25, 0.3) is 0 Å². The van der Waals surface area contributed by atoms with Crippen LogP contribution in [0.2, 0.25) is 0 Å². The van der Waals surface area contributed by atoms with Crippen molar-refractivity contribution in [1.29, 1.82) is 0 Å². The minimum absolute atomic E-state index is 0.535. The van der Waals surface area contributed by atoms with E-state index in [1.807, 2.05) is 0 Å². The molecule has 0 saturated heterocycles. The van der Waals surface area contributed by atoms with Crippen LogP contribution in [-0.2, 0) is 0 Å². The molecule has 0 N–H and O–H groups in total. The van der Waals surface area contributed by atoms with Gasteiger partial charge in [-0.25, -0.2) is 0 Å².